The molecule has 2 saturated heterocycles. The fourth-order valence-corrected chi connectivity index (χ4v) is 5.74. The zero-order chi connectivity index (χ0) is 20.8. The quantitative estimate of drug-likeness (QED) is 0.557. The monoisotopic (exact) mass is 412 g/mol. The second kappa shape index (κ2) is 7.37. The van der Waals surface area contributed by atoms with Crippen LogP contribution in [0.25, 0.3) is 5.69 Å². The molecule has 1 amide bonds. The number of para-hydroxylation sites is 1. The van der Waals surface area contributed by atoms with Crippen LogP contribution < -0.4 is 0 Å². The van der Waals surface area contributed by atoms with Crippen molar-refractivity contribution >= 4 is 29.4 Å². The molecule has 2 aliphatic rings. The largest absolute Gasteiger partial charge is 0.456 e. The minimum absolute atomic E-state index is 0.0165. The molecule has 6 nitrogen and oxygen atoms in total. The van der Waals surface area contributed by atoms with Gasteiger partial charge in [0.1, 0.15) is 6.04 Å². The van der Waals surface area contributed by atoms with Crippen LogP contribution in [0.15, 0.2) is 36.4 Å². The van der Waals surface area contributed by atoms with E-state index in [0.29, 0.717) is 17.7 Å². The van der Waals surface area contributed by atoms with Crippen molar-refractivity contribution in [3.8, 4) is 5.69 Å². The second-order valence-electron chi connectivity index (χ2n) is 7.75. The molecule has 0 aliphatic carbocycles. The van der Waals surface area contributed by atoms with E-state index in [9.17, 15) is 14.4 Å². The molecular weight excluding hydrogens is 388 g/mol. The number of thioether (sulfide) groups is 1. The fourth-order valence-electron chi connectivity index (χ4n) is 4.33. The lowest BCUT2D eigenvalue weighted by Crippen LogP contribution is -2.46. The average molecular weight is 413 g/mol. The molecule has 1 aromatic heterocycles. The van der Waals surface area contributed by atoms with Gasteiger partial charge in [0.15, 0.2) is 6.61 Å². The van der Waals surface area contributed by atoms with E-state index in [1.54, 1.807) is 16.7 Å². The first kappa shape index (κ1) is 19.8. The molecule has 0 radical (unpaired) electrons. The predicted molar refractivity (Wildman–Crippen MR) is 111 cm³/mol. The third kappa shape index (κ3) is 3.37. The van der Waals surface area contributed by atoms with Crippen LogP contribution in [-0.2, 0) is 14.3 Å². The van der Waals surface area contributed by atoms with Crippen LogP contribution in [0.2, 0.25) is 0 Å². The first-order valence-corrected chi connectivity index (χ1v) is 10.7. The summed E-state index contributed by atoms with van der Waals surface area (Å²) in [5.41, 5.74) is 3.28. The number of esters is 1. The van der Waals surface area contributed by atoms with Crippen molar-refractivity contribution in [1.29, 1.82) is 0 Å². The zero-order valence-corrected chi connectivity index (χ0v) is 17.6. The highest BCUT2D eigenvalue weighted by molar-refractivity contribution is 8.01. The van der Waals surface area contributed by atoms with Crippen LogP contribution >= 0.6 is 11.8 Å². The van der Waals surface area contributed by atoms with Gasteiger partial charge in [0.25, 0.3) is 0 Å². The third-order valence-electron chi connectivity index (χ3n) is 5.81. The van der Waals surface area contributed by atoms with Gasteiger partial charge in [-0.15, -0.1) is 11.8 Å². The Kier molecular flexibility index (Phi) is 5.02. The number of carbonyl (C=O) groups is 3. The standard InChI is InChI=1S/C22H24N2O4S/c1-14-11-17(15(2)23(14)16-7-5-4-6-8-16)19(25)12-28-21(27)18-13-29-22(3)10-9-20(26)24(18)22/h4-8,11,18H,9-10,12-13H2,1-3H3/t18-,22-/m1/s1. The van der Waals surface area contributed by atoms with Gasteiger partial charge >= 0.3 is 5.97 Å². The summed E-state index contributed by atoms with van der Waals surface area (Å²) in [6, 6.07) is 11.0. The van der Waals surface area contributed by atoms with Crippen molar-refractivity contribution in [3.05, 3.63) is 53.3 Å². The van der Waals surface area contributed by atoms with E-state index >= 15 is 0 Å². The molecule has 0 saturated carbocycles. The summed E-state index contributed by atoms with van der Waals surface area (Å²) in [6.07, 6.45) is 1.20. The van der Waals surface area contributed by atoms with E-state index in [4.69, 9.17) is 4.74 Å². The number of ketones is 1. The molecule has 0 unspecified atom stereocenters. The molecule has 0 spiro atoms. The molecule has 4 rings (SSSR count). The lowest BCUT2D eigenvalue weighted by atomic mass is 10.1. The summed E-state index contributed by atoms with van der Waals surface area (Å²) in [5.74, 6) is -0.244. The van der Waals surface area contributed by atoms with Crippen LogP contribution in [0.4, 0.5) is 0 Å². The van der Waals surface area contributed by atoms with E-state index in [-0.39, 0.29) is 23.2 Å². The SMILES string of the molecule is Cc1cc(C(=O)COC(=O)[C@H]2CS[C@]3(C)CCC(=O)N23)c(C)n1-c1ccccc1. The van der Waals surface area contributed by atoms with Crippen LogP contribution in [0, 0.1) is 13.8 Å². The van der Waals surface area contributed by atoms with Gasteiger partial charge in [-0.25, -0.2) is 4.79 Å². The summed E-state index contributed by atoms with van der Waals surface area (Å²) in [4.78, 5) is 38.9. The predicted octanol–water partition coefficient (Wildman–Crippen LogP) is 3.27. The number of aromatic nitrogens is 1. The maximum absolute atomic E-state index is 12.8. The Morgan fingerprint density at radius 1 is 1.24 bits per heavy atom. The van der Waals surface area contributed by atoms with Crippen LogP contribution in [0.3, 0.4) is 0 Å². The van der Waals surface area contributed by atoms with Crippen molar-refractivity contribution in [3.63, 3.8) is 0 Å². The number of amides is 1. The molecule has 2 fully saturated rings. The van der Waals surface area contributed by atoms with Crippen molar-refractivity contribution in [2.24, 2.45) is 0 Å². The molecular formula is C22H24N2O4S. The van der Waals surface area contributed by atoms with Crippen LogP contribution in [0.5, 0.6) is 0 Å². The first-order chi connectivity index (χ1) is 13.8. The van der Waals surface area contributed by atoms with E-state index in [1.807, 2.05) is 61.7 Å². The Hall–Kier alpha value is -2.54. The van der Waals surface area contributed by atoms with Crippen molar-refractivity contribution in [1.82, 2.24) is 9.47 Å². The van der Waals surface area contributed by atoms with Gasteiger partial charge in [0.05, 0.1) is 4.87 Å². The van der Waals surface area contributed by atoms with Crippen LogP contribution in [0.1, 0.15) is 41.5 Å². The van der Waals surface area contributed by atoms with E-state index in [1.165, 1.54) is 0 Å². The maximum Gasteiger partial charge on any atom is 0.330 e. The second-order valence-corrected chi connectivity index (χ2v) is 9.25. The summed E-state index contributed by atoms with van der Waals surface area (Å²) >= 11 is 1.61. The summed E-state index contributed by atoms with van der Waals surface area (Å²) in [7, 11) is 0. The van der Waals surface area contributed by atoms with E-state index in [2.05, 4.69) is 0 Å². The smallest absolute Gasteiger partial charge is 0.330 e. The van der Waals surface area contributed by atoms with E-state index in [0.717, 1.165) is 23.5 Å². The topological polar surface area (TPSA) is 68.6 Å². The number of ether oxygens (including phenoxy) is 1. The highest BCUT2D eigenvalue weighted by Crippen LogP contribution is 2.47. The molecule has 152 valence electrons. The van der Waals surface area contributed by atoms with Crippen molar-refractivity contribution in [2.75, 3.05) is 12.4 Å². The van der Waals surface area contributed by atoms with Gasteiger partial charge in [-0.2, -0.15) is 0 Å². The Morgan fingerprint density at radius 3 is 2.69 bits per heavy atom. The van der Waals surface area contributed by atoms with Gasteiger partial charge < -0.3 is 14.2 Å². The highest BCUT2D eigenvalue weighted by Gasteiger charge is 2.53. The number of Topliss-reactive ketones (excluding diaryl/α,β-unsaturated/α-hetero) is 1. The number of benzene rings is 1. The third-order valence-corrected chi connectivity index (χ3v) is 7.31. The summed E-state index contributed by atoms with van der Waals surface area (Å²) in [6.45, 7) is 5.49. The summed E-state index contributed by atoms with van der Waals surface area (Å²) < 4.78 is 7.36. The Morgan fingerprint density at radius 2 is 1.97 bits per heavy atom. The number of rotatable bonds is 5. The molecule has 2 aromatic rings. The molecule has 1 aromatic carbocycles. The van der Waals surface area contributed by atoms with Gasteiger partial charge in [0.2, 0.25) is 11.7 Å². The number of aryl methyl sites for hydroxylation is 1. The first-order valence-electron chi connectivity index (χ1n) is 9.72. The Bertz CT molecular complexity index is 984. The molecule has 7 heteroatoms. The van der Waals surface area contributed by atoms with E-state index < -0.39 is 12.0 Å². The number of fused-ring (bicyclic) bond motifs is 1. The molecule has 2 atom stereocenters. The Balaban J connectivity index is 1.46. The Labute approximate surface area is 174 Å². The number of hydrogen-bond donors (Lipinski definition) is 0. The summed E-state index contributed by atoms with van der Waals surface area (Å²) in [5, 5.41) is 0. The van der Waals surface area contributed by atoms with Crippen molar-refractivity contribution in [2.45, 2.75) is 44.5 Å². The van der Waals surface area contributed by atoms with Crippen molar-refractivity contribution < 1.29 is 19.1 Å². The molecule has 2 aliphatic heterocycles. The van der Waals surface area contributed by atoms with Gasteiger partial charge in [-0.1, -0.05) is 18.2 Å². The van der Waals surface area contributed by atoms with Crippen LogP contribution in [-0.4, -0.2) is 50.4 Å². The number of nitrogens with zero attached hydrogens (tertiary/aromatic N) is 2. The zero-order valence-electron chi connectivity index (χ0n) is 16.8. The lowest BCUT2D eigenvalue weighted by Gasteiger charge is -2.29. The van der Waals surface area contributed by atoms with Gasteiger partial charge in [0, 0.05) is 34.8 Å². The lowest BCUT2D eigenvalue weighted by molar-refractivity contribution is -0.152. The highest BCUT2D eigenvalue weighted by atomic mass is 32.2. The molecule has 3 heterocycles. The maximum atomic E-state index is 12.8. The number of hydrogen-bond acceptors (Lipinski definition) is 5. The fraction of sp³-hybridized carbons (Fsp3) is 0.409. The molecule has 0 bridgehead atoms. The van der Waals surface area contributed by atoms with Gasteiger partial charge in [-0.3, -0.25) is 9.59 Å². The molecule has 0 N–H and O–H groups in total. The minimum Gasteiger partial charge on any atom is -0.456 e. The average Bonchev–Trinajstić information content (AvgIpc) is 3.31. The molecule has 29 heavy (non-hydrogen) atoms. The number of carbonyl (C=O) groups excluding carboxylic acids is 3. The normalized spacial score (nSPS) is 23.3. The van der Waals surface area contributed by atoms with Gasteiger partial charge in [-0.05, 0) is 45.4 Å². The minimum atomic E-state index is -0.607.